The molecule has 2 aromatic rings. The summed E-state index contributed by atoms with van der Waals surface area (Å²) in [7, 11) is 0. The second-order valence-corrected chi connectivity index (χ2v) is 6.12. The Kier molecular flexibility index (Phi) is 6.52. The Morgan fingerprint density at radius 2 is 1.48 bits per heavy atom. The van der Waals surface area contributed by atoms with Crippen molar-refractivity contribution >= 4 is 29.3 Å². The number of amides is 2. The molecule has 25 heavy (non-hydrogen) atoms. The predicted molar refractivity (Wildman–Crippen MR) is 104 cm³/mol. The summed E-state index contributed by atoms with van der Waals surface area (Å²) in [5.74, 6) is 0.257. The minimum atomic E-state index is -0.196. The third-order valence-electron chi connectivity index (χ3n) is 3.79. The molecular formula is C21H24N2O2. The average Bonchev–Trinajstić information content (AvgIpc) is 2.62. The van der Waals surface area contributed by atoms with Crippen molar-refractivity contribution in [1.29, 1.82) is 0 Å². The maximum Gasteiger partial charge on any atom is 0.248 e. The fraction of sp³-hybridized carbons (Fsp3) is 0.238. The van der Waals surface area contributed by atoms with Gasteiger partial charge >= 0.3 is 0 Å². The zero-order chi connectivity index (χ0) is 18.2. The molecule has 0 heterocycles. The standard InChI is InChI=1S/C21H24N2O2/c1-4-20(24)22-18-10-12-19(13-11-18)23-21(25)14-7-16-5-8-17(9-6-16)15(2)3/h5-15H,4H2,1-3H3,(H,22,24)(H,23,25)/b14-7+. The molecule has 0 aliphatic rings. The minimum absolute atomic E-state index is 0.0387. The van der Waals surface area contributed by atoms with Gasteiger partial charge in [0, 0.05) is 23.9 Å². The lowest BCUT2D eigenvalue weighted by molar-refractivity contribution is -0.116. The van der Waals surface area contributed by atoms with Crippen molar-refractivity contribution in [1.82, 2.24) is 0 Å². The maximum atomic E-state index is 12.0. The van der Waals surface area contributed by atoms with Gasteiger partial charge < -0.3 is 10.6 Å². The van der Waals surface area contributed by atoms with Crippen LogP contribution >= 0.6 is 0 Å². The highest BCUT2D eigenvalue weighted by Gasteiger charge is 2.01. The van der Waals surface area contributed by atoms with E-state index < -0.39 is 0 Å². The van der Waals surface area contributed by atoms with Crippen molar-refractivity contribution in [2.75, 3.05) is 10.6 Å². The summed E-state index contributed by atoms with van der Waals surface area (Å²) in [5, 5.41) is 5.56. The summed E-state index contributed by atoms with van der Waals surface area (Å²) in [6.07, 6.45) is 3.73. The van der Waals surface area contributed by atoms with Crippen LogP contribution < -0.4 is 10.6 Å². The molecule has 130 valence electrons. The zero-order valence-electron chi connectivity index (χ0n) is 14.9. The molecule has 0 aromatic heterocycles. The molecule has 0 aliphatic heterocycles. The molecule has 2 N–H and O–H groups in total. The summed E-state index contributed by atoms with van der Waals surface area (Å²) >= 11 is 0. The lowest BCUT2D eigenvalue weighted by Gasteiger charge is -2.06. The summed E-state index contributed by atoms with van der Waals surface area (Å²) in [5.41, 5.74) is 3.65. The van der Waals surface area contributed by atoms with E-state index in [1.54, 1.807) is 37.3 Å². The van der Waals surface area contributed by atoms with E-state index in [1.807, 2.05) is 12.1 Å². The van der Waals surface area contributed by atoms with Gasteiger partial charge in [-0.15, -0.1) is 0 Å². The quantitative estimate of drug-likeness (QED) is 0.744. The summed E-state index contributed by atoms with van der Waals surface area (Å²) in [6, 6.07) is 15.2. The first-order valence-electron chi connectivity index (χ1n) is 8.47. The van der Waals surface area contributed by atoms with E-state index in [0.29, 0.717) is 23.7 Å². The topological polar surface area (TPSA) is 58.2 Å². The molecule has 0 saturated heterocycles. The van der Waals surface area contributed by atoms with Crippen LogP contribution in [0, 0.1) is 0 Å². The van der Waals surface area contributed by atoms with Crippen molar-refractivity contribution < 1.29 is 9.59 Å². The Morgan fingerprint density at radius 3 is 2.00 bits per heavy atom. The van der Waals surface area contributed by atoms with Crippen LogP contribution in [0.4, 0.5) is 11.4 Å². The van der Waals surface area contributed by atoms with Gasteiger partial charge in [0.1, 0.15) is 0 Å². The molecule has 2 aromatic carbocycles. The molecule has 0 unspecified atom stereocenters. The molecular weight excluding hydrogens is 312 g/mol. The van der Waals surface area contributed by atoms with Crippen molar-refractivity contribution in [2.24, 2.45) is 0 Å². The largest absolute Gasteiger partial charge is 0.326 e. The lowest BCUT2D eigenvalue weighted by Crippen LogP contribution is -2.10. The van der Waals surface area contributed by atoms with Crippen LogP contribution in [0.2, 0.25) is 0 Å². The highest BCUT2D eigenvalue weighted by molar-refractivity contribution is 6.02. The van der Waals surface area contributed by atoms with E-state index in [1.165, 1.54) is 11.6 Å². The highest BCUT2D eigenvalue weighted by Crippen LogP contribution is 2.16. The number of hydrogen-bond acceptors (Lipinski definition) is 2. The molecule has 0 fully saturated rings. The van der Waals surface area contributed by atoms with Crippen LogP contribution in [0.25, 0.3) is 6.08 Å². The molecule has 2 rings (SSSR count). The van der Waals surface area contributed by atoms with Crippen molar-refractivity contribution in [3.63, 3.8) is 0 Å². The fourth-order valence-corrected chi connectivity index (χ4v) is 2.23. The van der Waals surface area contributed by atoms with Crippen molar-refractivity contribution in [3.05, 3.63) is 65.7 Å². The van der Waals surface area contributed by atoms with Crippen LogP contribution in [-0.2, 0) is 9.59 Å². The van der Waals surface area contributed by atoms with Crippen LogP contribution in [-0.4, -0.2) is 11.8 Å². The first kappa shape index (κ1) is 18.5. The normalized spacial score (nSPS) is 10.9. The minimum Gasteiger partial charge on any atom is -0.326 e. The molecule has 0 saturated carbocycles. The smallest absolute Gasteiger partial charge is 0.248 e. The summed E-state index contributed by atoms with van der Waals surface area (Å²) < 4.78 is 0. The van der Waals surface area contributed by atoms with Crippen LogP contribution in [0.3, 0.4) is 0 Å². The Bertz CT molecular complexity index is 744. The summed E-state index contributed by atoms with van der Waals surface area (Å²) in [4.78, 5) is 23.3. The van der Waals surface area contributed by atoms with Gasteiger partial charge in [-0.1, -0.05) is 45.0 Å². The van der Waals surface area contributed by atoms with Gasteiger partial charge in [-0.3, -0.25) is 9.59 Å². The number of benzene rings is 2. The Balaban J connectivity index is 1.92. The summed E-state index contributed by atoms with van der Waals surface area (Å²) in [6.45, 7) is 6.10. The van der Waals surface area contributed by atoms with Crippen molar-refractivity contribution in [2.45, 2.75) is 33.1 Å². The fourth-order valence-electron chi connectivity index (χ4n) is 2.23. The SMILES string of the molecule is CCC(=O)Nc1ccc(NC(=O)/C=C/c2ccc(C(C)C)cc2)cc1. The molecule has 0 spiro atoms. The lowest BCUT2D eigenvalue weighted by atomic mass is 10.0. The third-order valence-corrected chi connectivity index (χ3v) is 3.79. The Labute approximate surface area is 149 Å². The number of hydrogen-bond donors (Lipinski definition) is 2. The molecule has 0 bridgehead atoms. The second kappa shape index (κ2) is 8.83. The van der Waals surface area contributed by atoms with Gasteiger partial charge in [0.2, 0.25) is 11.8 Å². The zero-order valence-corrected chi connectivity index (χ0v) is 14.9. The first-order valence-corrected chi connectivity index (χ1v) is 8.47. The van der Waals surface area contributed by atoms with Gasteiger partial charge in [0.25, 0.3) is 0 Å². The average molecular weight is 336 g/mol. The van der Waals surface area contributed by atoms with E-state index in [9.17, 15) is 9.59 Å². The monoisotopic (exact) mass is 336 g/mol. The maximum absolute atomic E-state index is 12.0. The van der Waals surface area contributed by atoms with Gasteiger partial charge in [0.15, 0.2) is 0 Å². The molecule has 2 amide bonds. The number of carbonyl (C=O) groups is 2. The number of carbonyl (C=O) groups excluding carboxylic acids is 2. The molecule has 0 radical (unpaired) electrons. The second-order valence-electron chi connectivity index (χ2n) is 6.12. The van der Waals surface area contributed by atoms with Gasteiger partial charge in [-0.2, -0.15) is 0 Å². The van der Waals surface area contributed by atoms with Crippen LogP contribution in [0.1, 0.15) is 44.2 Å². The molecule has 0 atom stereocenters. The first-order chi connectivity index (χ1) is 12.0. The van der Waals surface area contributed by atoms with Crippen molar-refractivity contribution in [3.8, 4) is 0 Å². The Hall–Kier alpha value is -2.88. The highest BCUT2D eigenvalue weighted by atomic mass is 16.2. The van der Waals surface area contributed by atoms with Gasteiger partial charge in [0.05, 0.1) is 0 Å². The predicted octanol–water partition coefficient (Wildman–Crippen LogP) is 4.81. The van der Waals surface area contributed by atoms with Crippen LogP contribution in [0.5, 0.6) is 0 Å². The van der Waals surface area contributed by atoms with E-state index in [0.717, 1.165) is 5.56 Å². The van der Waals surface area contributed by atoms with Gasteiger partial charge in [-0.25, -0.2) is 0 Å². The number of rotatable bonds is 6. The van der Waals surface area contributed by atoms with Gasteiger partial charge in [-0.05, 0) is 47.4 Å². The molecule has 0 aliphatic carbocycles. The van der Waals surface area contributed by atoms with E-state index in [2.05, 4.69) is 36.6 Å². The van der Waals surface area contributed by atoms with E-state index in [4.69, 9.17) is 0 Å². The molecule has 4 nitrogen and oxygen atoms in total. The Morgan fingerprint density at radius 1 is 0.920 bits per heavy atom. The van der Waals surface area contributed by atoms with E-state index in [-0.39, 0.29) is 11.8 Å². The molecule has 4 heteroatoms. The third kappa shape index (κ3) is 5.92. The van der Waals surface area contributed by atoms with Crippen LogP contribution in [0.15, 0.2) is 54.6 Å². The van der Waals surface area contributed by atoms with E-state index >= 15 is 0 Å². The number of anilines is 2. The number of nitrogens with one attached hydrogen (secondary N) is 2.